The number of esters is 2. The molecule has 0 spiro atoms. The predicted molar refractivity (Wildman–Crippen MR) is 58.7 cm³/mol. The predicted octanol–water partition coefficient (Wildman–Crippen LogP) is 1.92. The lowest BCUT2D eigenvalue weighted by molar-refractivity contribution is -0.161. The molecule has 0 N–H and O–H groups in total. The Hall–Kier alpha value is -1.06. The summed E-state index contributed by atoms with van der Waals surface area (Å²) in [6.45, 7) is 9.29. The highest BCUT2D eigenvalue weighted by atomic mass is 16.6. The summed E-state index contributed by atoms with van der Waals surface area (Å²) in [5.74, 6) is -0.945. The van der Waals surface area contributed by atoms with Gasteiger partial charge in [-0.15, -0.1) is 0 Å². The first-order valence-electron chi connectivity index (χ1n) is 5.61. The quantitative estimate of drug-likeness (QED) is 0.692. The molecule has 1 rings (SSSR count). The maximum Gasteiger partial charge on any atom is 0.312 e. The molecule has 1 fully saturated rings. The third kappa shape index (κ3) is 2.74. The highest BCUT2D eigenvalue weighted by Gasteiger charge is 2.62. The smallest absolute Gasteiger partial charge is 0.312 e. The second-order valence-electron chi connectivity index (χ2n) is 5.43. The number of ether oxygens (including phenoxy) is 2. The molecule has 16 heavy (non-hydrogen) atoms. The second kappa shape index (κ2) is 4.07. The minimum atomic E-state index is -0.668. The van der Waals surface area contributed by atoms with Crippen LogP contribution >= 0.6 is 0 Å². The minimum Gasteiger partial charge on any atom is -0.466 e. The van der Waals surface area contributed by atoms with E-state index in [0.29, 0.717) is 13.0 Å². The van der Waals surface area contributed by atoms with Crippen LogP contribution in [-0.2, 0) is 19.1 Å². The van der Waals surface area contributed by atoms with Crippen molar-refractivity contribution in [3.63, 3.8) is 0 Å². The Labute approximate surface area is 96.3 Å². The lowest BCUT2D eigenvalue weighted by atomic mass is 10.1. The molecule has 0 aromatic carbocycles. The second-order valence-corrected chi connectivity index (χ2v) is 5.43. The van der Waals surface area contributed by atoms with Crippen LogP contribution in [0.1, 0.15) is 41.0 Å². The molecular weight excluding hydrogens is 208 g/mol. The zero-order chi connectivity index (χ0) is 12.6. The first-order chi connectivity index (χ1) is 7.20. The number of rotatable bonds is 3. The van der Waals surface area contributed by atoms with Gasteiger partial charge in [-0.2, -0.15) is 0 Å². The fourth-order valence-electron chi connectivity index (χ4n) is 1.60. The molecule has 0 saturated heterocycles. The third-order valence-electron chi connectivity index (χ3n) is 2.67. The summed E-state index contributed by atoms with van der Waals surface area (Å²) in [5, 5.41) is 0. The highest BCUT2D eigenvalue weighted by molar-refractivity contribution is 5.90. The van der Waals surface area contributed by atoms with Crippen LogP contribution in [0.25, 0.3) is 0 Å². The fourth-order valence-corrected chi connectivity index (χ4v) is 1.60. The first kappa shape index (κ1) is 13.0. The highest BCUT2D eigenvalue weighted by Crippen LogP contribution is 2.54. The standard InChI is InChI=1S/C12H20O4/c1-6-15-10(14)12(5)7-8(12)9(13)16-11(2,3)4/h8H,6-7H2,1-5H3. The Kier molecular flexibility index (Phi) is 3.31. The lowest BCUT2D eigenvalue weighted by Crippen LogP contribution is -2.28. The minimum absolute atomic E-state index is 0.300. The van der Waals surface area contributed by atoms with Crippen molar-refractivity contribution in [2.45, 2.75) is 46.6 Å². The maximum atomic E-state index is 11.7. The molecule has 1 saturated carbocycles. The van der Waals surface area contributed by atoms with Crippen molar-refractivity contribution < 1.29 is 19.1 Å². The van der Waals surface area contributed by atoms with Crippen molar-refractivity contribution in [3.05, 3.63) is 0 Å². The van der Waals surface area contributed by atoms with E-state index in [0.717, 1.165) is 0 Å². The van der Waals surface area contributed by atoms with Gasteiger partial charge in [-0.05, 0) is 41.0 Å². The molecule has 0 aliphatic heterocycles. The number of carbonyl (C=O) groups excluding carboxylic acids is 2. The average molecular weight is 228 g/mol. The summed E-state index contributed by atoms with van der Waals surface area (Å²) in [6, 6.07) is 0. The Morgan fingerprint density at radius 3 is 2.38 bits per heavy atom. The summed E-state index contributed by atoms with van der Waals surface area (Å²) in [4.78, 5) is 23.3. The van der Waals surface area contributed by atoms with E-state index in [1.807, 2.05) is 20.8 Å². The molecule has 0 aromatic rings. The van der Waals surface area contributed by atoms with Crippen LogP contribution in [0.3, 0.4) is 0 Å². The first-order valence-corrected chi connectivity index (χ1v) is 5.61. The molecule has 0 bridgehead atoms. The van der Waals surface area contributed by atoms with Gasteiger partial charge in [-0.1, -0.05) is 0 Å². The van der Waals surface area contributed by atoms with Gasteiger partial charge in [0.05, 0.1) is 17.9 Å². The van der Waals surface area contributed by atoms with Gasteiger partial charge >= 0.3 is 11.9 Å². The SMILES string of the molecule is CCOC(=O)C1(C)CC1C(=O)OC(C)(C)C. The van der Waals surface area contributed by atoms with Crippen LogP contribution in [0, 0.1) is 11.3 Å². The van der Waals surface area contributed by atoms with Crippen LogP contribution in [0.15, 0.2) is 0 Å². The van der Waals surface area contributed by atoms with Gasteiger partial charge in [0.25, 0.3) is 0 Å². The molecule has 1 aliphatic rings. The van der Waals surface area contributed by atoms with E-state index in [1.165, 1.54) is 0 Å². The van der Waals surface area contributed by atoms with Crippen LogP contribution in [0.5, 0.6) is 0 Å². The average Bonchev–Trinajstić information content (AvgIpc) is 2.77. The van der Waals surface area contributed by atoms with E-state index in [4.69, 9.17) is 9.47 Å². The van der Waals surface area contributed by atoms with Gasteiger partial charge in [0.1, 0.15) is 5.60 Å². The third-order valence-corrected chi connectivity index (χ3v) is 2.67. The molecule has 0 amide bonds. The molecule has 92 valence electrons. The molecule has 0 heterocycles. The summed E-state index contributed by atoms with van der Waals surface area (Å²) in [5.41, 5.74) is -1.17. The van der Waals surface area contributed by atoms with Crippen LogP contribution in [0.4, 0.5) is 0 Å². The molecule has 0 aromatic heterocycles. The lowest BCUT2D eigenvalue weighted by Gasteiger charge is -2.20. The molecule has 1 aliphatic carbocycles. The maximum absolute atomic E-state index is 11.7. The van der Waals surface area contributed by atoms with E-state index >= 15 is 0 Å². The van der Waals surface area contributed by atoms with Crippen molar-refractivity contribution in [1.29, 1.82) is 0 Å². The van der Waals surface area contributed by atoms with Crippen LogP contribution in [-0.4, -0.2) is 24.1 Å². The van der Waals surface area contributed by atoms with Crippen molar-refractivity contribution in [1.82, 2.24) is 0 Å². The number of hydrogen-bond donors (Lipinski definition) is 0. The Morgan fingerprint density at radius 2 is 1.94 bits per heavy atom. The van der Waals surface area contributed by atoms with Crippen molar-refractivity contribution in [2.75, 3.05) is 6.61 Å². The van der Waals surface area contributed by atoms with Crippen LogP contribution < -0.4 is 0 Å². The fraction of sp³-hybridized carbons (Fsp3) is 0.833. The molecular formula is C12H20O4. The zero-order valence-corrected chi connectivity index (χ0v) is 10.6. The van der Waals surface area contributed by atoms with E-state index in [1.54, 1.807) is 13.8 Å². The normalized spacial score (nSPS) is 28.4. The summed E-state index contributed by atoms with van der Waals surface area (Å²) in [6.07, 6.45) is 0.529. The van der Waals surface area contributed by atoms with E-state index in [9.17, 15) is 9.59 Å². The van der Waals surface area contributed by atoms with Crippen molar-refractivity contribution >= 4 is 11.9 Å². The van der Waals surface area contributed by atoms with Gasteiger partial charge in [0, 0.05) is 0 Å². The summed E-state index contributed by atoms with van der Waals surface area (Å²) >= 11 is 0. The van der Waals surface area contributed by atoms with Crippen LogP contribution in [0.2, 0.25) is 0 Å². The zero-order valence-electron chi connectivity index (χ0n) is 10.6. The molecule has 0 radical (unpaired) electrons. The molecule has 4 nitrogen and oxygen atoms in total. The van der Waals surface area contributed by atoms with Gasteiger partial charge in [0.15, 0.2) is 0 Å². The topological polar surface area (TPSA) is 52.6 Å². The van der Waals surface area contributed by atoms with Crippen molar-refractivity contribution in [3.8, 4) is 0 Å². The van der Waals surface area contributed by atoms with E-state index in [-0.39, 0.29) is 17.9 Å². The Morgan fingerprint density at radius 1 is 1.38 bits per heavy atom. The molecule has 4 heteroatoms. The largest absolute Gasteiger partial charge is 0.466 e. The molecule has 2 unspecified atom stereocenters. The van der Waals surface area contributed by atoms with Crippen molar-refractivity contribution in [2.24, 2.45) is 11.3 Å². The monoisotopic (exact) mass is 228 g/mol. The van der Waals surface area contributed by atoms with Gasteiger partial charge in [0.2, 0.25) is 0 Å². The van der Waals surface area contributed by atoms with Gasteiger partial charge in [-0.3, -0.25) is 9.59 Å². The number of carbonyl (C=O) groups is 2. The van der Waals surface area contributed by atoms with Gasteiger partial charge in [-0.25, -0.2) is 0 Å². The summed E-state index contributed by atoms with van der Waals surface area (Å²) < 4.78 is 10.2. The Bertz CT molecular complexity index is 303. The number of hydrogen-bond acceptors (Lipinski definition) is 4. The van der Waals surface area contributed by atoms with E-state index in [2.05, 4.69) is 0 Å². The van der Waals surface area contributed by atoms with Gasteiger partial charge < -0.3 is 9.47 Å². The van der Waals surface area contributed by atoms with E-state index < -0.39 is 11.0 Å². The Balaban J connectivity index is 2.55. The molecule has 2 atom stereocenters. The summed E-state index contributed by atoms with van der Waals surface area (Å²) in [7, 11) is 0.